The van der Waals surface area contributed by atoms with Crippen LogP contribution < -0.4 is 4.74 Å². The molecule has 0 amide bonds. The Morgan fingerprint density at radius 1 is 1.03 bits per heavy atom. The van der Waals surface area contributed by atoms with E-state index in [4.69, 9.17) is 14.2 Å². The van der Waals surface area contributed by atoms with Gasteiger partial charge in [0.05, 0.1) is 6.61 Å². The van der Waals surface area contributed by atoms with Crippen LogP contribution in [-0.4, -0.2) is 31.0 Å². The Morgan fingerprint density at radius 2 is 1.79 bits per heavy atom. The number of methoxy groups -OCH3 is 1. The van der Waals surface area contributed by atoms with Crippen molar-refractivity contribution < 1.29 is 19.0 Å². The van der Waals surface area contributed by atoms with Crippen LogP contribution in [0.25, 0.3) is 23.4 Å². The van der Waals surface area contributed by atoms with Crippen LogP contribution in [0.4, 0.5) is 0 Å². The molecule has 0 unspecified atom stereocenters. The summed E-state index contributed by atoms with van der Waals surface area (Å²) in [5, 5.41) is 0. The van der Waals surface area contributed by atoms with Crippen molar-refractivity contribution in [3.8, 4) is 11.4 Å². The van der Waals surface area contributed by atoms with Crippen molar-refractivity contribution in [3.05, 3.63) is 89.3 Å². The molecule has 0 saturated heterocycles. The Labute approximate surface area is 195 Å². The smallest absolute Gasteiger partial charge is 0.341 e. The Bertz CT molecular complexity index is 1160. The summed E-state index contributed by atoms with van der Waals surface area (Å²) in [5.41, 5.74) is 6.82. The first-order valence-electron chi connectivity index (χ1n) is 11.1. The Balaban J connectivity index is 2.02. The first-order chi connectivity index (χ1) is 16.0. The maximum absolute atomic E-state index is 12.3. The van der Waals surface area contributed by atoms with Gasteiger partial charge in [-0.1, -0.05) is 49.9 Å². The predicted molar refractivity (Wildman–Crippen MR) is 134 cm³/mol. The van der Waals surface area contributed by atoms with Gasteiger partial charge < -0.3 is 18.8 Å². The van der Waals surface area contributed by atoms with Crippen molar-refractivity contribution in [1.29, 1.82) is 0 Å². The van der Waals surface area contributed by atoms with E-state index in [2.05, 4.69) is 57.1 Å². The Kier molecular flexibility index (Phi) is 8.28. The number of benzene rings is 2. The number of carbonyl (C=O) groups is 1. The van der Waals surface area contributed by atoms with Crippen LogP contribution >= 0.6 is 0 Å². The molecule has 0 saturated carbocycles. The normalized spacial score (nSPS) is 11.0. The molecule has 0 aliphatic heterocycles. The van der Waals surface area contributed by atoms with Gasteiger partial charge in [-0.05, 0) is 49.1 Å². The molecule has 0 N–H and O–H groups in total. The van der Waals surface area contributed by atoms with Crippen LogP contribution in [0.5, 0.6) is 5.75 Å². The summed E-state index contributed by atoms with van der Waals surface area (Å²) >= 11 is 0. The van der Waals surface area contributed by atoms with Crippen molar-refractivity contribution in [2.45, 2.75) is 27.2 Å². The zero-order valence-electron chi connectivity index (χ0n) is 19.8. The molecule has 2 aromatic carbocycles. The van der Waals surface area contributed by atoms with E-state index in [1.54, 1.807) is 13.0 Å². The molecule has 0 bridgehead atoms. The fourth-order valence-electron chi connectivity index (χ4n) is 3.48. The predicted octanol–water partition coefficient (Wildman–Crippen LogP) is 6.54. The third kappa shape index (κ3) is 5.82. The van der Waals surface area contributed by atoms with Gasteiger partial charge in [0.2, 0.25) is 0 Å². The van der Waals surface area contributed by atoms with Crippen LogP contribution in [0, 0.1) is 6.92 Å². The van der Waals surface area contributed by atoms with Crippen LogP contribution in [0.3, 0.4) is 0 Å². The maximum atomic E-state index is 12.3. The van der Waals surface area contributed by atoms with E-state index in [9.17, 15) is 4.79 Å². The fourth-order valence-corrected chi connectivity index (χ4v) is 3.48. The van der Waals surface area contributed by atoms with Gasteiger partial charge in [0.15, 0.2) is 6.79 Å². The number of ether oxygens (including phenoxy) is 3. The van der Waals surface area contributed by atoms with Crippen LogP contribution in [0.1, 0.15) is 52.9 Å². The van der Waals surface area contributed by atoms with Gasteiger partial charge in [-0.2, -0.15) is 0 Å². The topological polar surface area (TPSA) is 49.7 Å². The Morgan fingerprint density at radius 3 is 2.48 bits per heavy atom. The summed E-state index contributed by atoms with van der Waals surface area (Å²) < 4.78 is 17.9. The second kappa shape index (κ2) is 11.3. The summed E-state index contributed by atoms with van der Waals surface area (Å²) in [6.07, 6.45) is 9.20. The van der Waals surface area contributed by atoms with Crippen LogP contribution in [0.15, 0.2) is 61.4 Å². The molecule has 0 radical (unpaired) electrons. The number of hydrogen-bond acceptors (Lipinski definition) is 4. The molecule has 3 aromatic rings. The number of carbonyl (C=O) groups excluding carboxylic acids is 1. The van der Waals surface area contributed by atoms with Crippen LogP contribution in [0.2, 0.25) is 0 Å². The van der Waals surface area contributed by atoms with E-state index in [1.165, 1.54) is 18.2 Å². The first kappa shape index (κ1) is 24.1. The molecule has 1 heterocycles. The van der Waals surface area contributed by atoms with Crippen molar-refractivity contribution in [1.82, 2.24) is 4.57 Å². The third-order valence-electron chi connectivity index (χ3n) is 5.39. The number of rotatable bonds is 10. The molecule has 0 fully saturated rings. The minimum Gasteiger partial charge on any atom is -0.467 e. The average molecular weight is 446 g/mol. The third-order valence-corrected chi connectivity index (χ3v) is 5.39. The average Bonchev–Trinajstić information content (AvgIpc) is 3.26. The zero-order chi connectivity index (χ0) is 23.8. The van der Waals surface area contributed by atoms with Gasteiger partial charge in [0.1, 0.15) is 11.3 Å². The highest BCUT2D eigenvalue weighted by atomic mass is 16.7. The summed E-state index contributed by atoms with van der Waals surface area (Å²) in [4.78, 5) is 12.3. The van der Waals surface area contributed by atoms with Gasteiger partial charge >= 0.3 is 5.97 Å². The van der Waals surface area contributed by atoms with Gasteiger partial charge in [0.25, 0.3) is 0 Å². The molecule has 3 rings (SSSR count). The number of allylic oxidation sites excluding steroid dienone is 1. The summed E-state index contributed by atoms with van der Waals surface area (Å²) in [7, 11) is 1.54. The van der Waals surface area contributed by atoms with Gasteiger partial charge in [-0.15, -0.1) is 0 Å². The van der Waals surface area contributed by atoms with Crippen molar-refractivity contribution in [2.75, 3.05) is 20.5 Å². The first-order valence-corrected chi connectivity index (χ1v) is 11.1. The standard InChI is InChI=1S/C28H31NO4/c1-6-20(3)26-18-29(17-23(26)13-12-22-11-9-8-10-21(22)4)24-14-15-25(28(30)32-7-2)27(16-24)33-19-31-5/h8-18H,3,6-7,19H2,1-2,4-5H3/b13-12+. The lowest BCUT2D eigenvalue weighted by Crippen LogP contribution is -2.10. The zero-order valence-corrected chi connectivity index (χ0v) is 19.8. The van der Waals surface area contributed by atoms with E-state index >= 15 is 0 Å². The lowest BCUT2D eigenvalue weighted by Gasteiger charge is -2.12. The van der Waals surface area contributed by atoms with E-state index in [1.807, 2.05) is 28.8 Å². The van der Waals surface area contributed by atoms with Gasteiger partial charge in [-0.3, -0.25) is 0 Å². The number of nitrogens with zero attached hydrogens (tertiary/aromatic N) is 1. The molecular weight excluding hydrogens is 414 g/mol. The van der Waals surface area contributed by atoms with Crippen LogP contribution in [-0.2, 0) is 9.47 Å². The lowest BCUT2D eigenvalue weighted by molar-refractivity contribution is 0.0438. The highest BCUT2D eigenvalue weighted by Crippen LogP contribution is 2.29. The molecule has 0 atom stereocenters. The fraction of sp³-hybridized carbons (Fsp3) is 0.250. The van der Waals surface area contributed by atoms with Gasteiger partial charge in [-0.25, -0.2) is 4.79 Å². The second-order valence-corrected chi connectivity index (χ2v) is 7.63. The molecule has 0 spiro atoms. The summed E-state index contributed by atoms with van der Waals surface area (Å²) in [6.45, 7) is 10.5. The molecule has 1 aromatic heterocycles. The van der Waals surface area contributed by atoms with E-state index in [0.717, 1.165) is 28.8 Å². The second-order valence-electron chi connectivity index (χ2n) is 7.63. The van der Waals surface area contributed by atoms with Crippen molar-refractivity contribution in [3.63, 3.8) is 0 Å². The number of esters is 1. The lowest BCUT2D eigenvalue weighted by atomic mass is 10.0. The molecular formula is C28H31NO4. The molecule has 0 aliphatic carbocycles. The minimum absolute atomic E-state index is 0.0316. The number of aromatic nitrogens is 1. The molecule has 5 heteroatoms. The molecule has 0 aliphatic rings. The van der Waals surface area contributed by atoms with E-state index in [0.29, 0.717) is 17.9 Å². The van der Waals surface area contributed by atoms with Crippen molar-refractivity contribution >= 4 is 23.7 Å². The molecule has 33 heavy (non-hydrogen) atoms. The number of aryl methyl sites for hydroxylation is 1. The van der Waals surface area contributed by atoms with E-state index in [-0.39, 0.29) is 6.79 Å². The largest absolute Gasteiger partial charge is 0.467 e. The minimum atomic E-state index is -0.426. The maximum Gasteiger partial charge on any atom is 0.341 e. The highest BCUT2D eigenvalue weighted by molar-refractivity contribution is 5.93. The monoisotopic (exact) mass is 445 g/mol. The number of hydrogen-bond donors (Lipinski definition) is 0. The highest BCUT2D eigenvalue weighted by Gasteiger charge is 2.16. The molecule has 5 nitrogen and oxygen atoms in total. The summed E-state index contributed by atoms with van der Waals surface area (Å²) in [6, 6.07) is 13.7. The summed E-state index contributed by atoms with van der Waals surface area (Å²) in [5.74, 6) is -0.0149. The SMILES string of the molecule is C=C(CC)c1cn(-c2ccc(C(=O)OCC)c(OCOC)c2)cc1/C=C/c1ccccc1C. The van der Waals surface area contributed by atoms with Gasteiger partial charge in [0, 0.05) is 42.4 Å². The molecule has 172 valence electrons. The Hall–Kier alpha value is -3.57. The van der Waals surface area contributed by atoms with E-state index < -0.39 is 5.97 Å². The quantitative estimate of drug-likeness (QED) is 0.263. The van der Waals surface area contributed by atoms with Crippen molar-refractivity contribution in [2.24, 2.45) is 0 Å².